The number of nitrogens with two attached hydrogens (primary N) is 1. The van der Waals surface area contributed by atoms with Crippen LogP contribution in [0.4, 0.5) is 5.69 Å². The first kappa shape index (κ1) is 12.0. The van der Waals surface area contributed by atoms with Gasteiger partial charge in [-0.15, -0.1) is 0 Å². The molecule has 2 rings (SSSR count). The van der Waals surface area contributed by atoms with Crippen LogP contribution in [0.15, 0.2) is 24.3 Å². The van der Waals surface area contributed by atoms with E-state index in [2.05, 4.69) is 5.32 Å². The Labute approximate surface area is 100 Å². The molecule has 2 atom stereocenters. The Morgan fingerprint density at radius 1 is 1.41 bits per heavy atom. The van der Waals surface area contributed by atoms with E-state index in [1.165, 1.54) is 0 Å². The summed E-state index contributed by atoms with van der Waals surface area (Å²) in [5, 5.41) is 13.9. The summed E-state index contributed by atoms with van der Waals surface area (Å²) in [6.45, 7) is 0.957. The van der Waals surface area contributed by atoms with Crippen LogP contribution >= 0.6 is 0 Å². The highest BCUT2D eigenvalue weighted by Gasteiger charge is 2.18. The van der Waals surface area contributed by atoms with E-state index in [4.69, 9.17) is 5.73 Å². The first-order valence-electron chi connectivity index (χ1n) is 5.87. The predicted octanol–water partition coefficient (Wildman–Crippen LogP) is 1.22. The summed E-state index contributed by atoms with van der Waals surface area (Å²) in [4.78, 5) is 10.1. The normalized spacial score (nSPS) is 24.5. The molecule has 1 aliphatic heterocycles. The zero-order chi connectivity index (χ0) is 12.3. The van der Waals surface area contributed by atoms with Gasteiger partial charge in [-0.1, -0.05) is 12.1 Å². The quantitative estimate of drug-likeness (QED) is 0.609. The summed E-state index contributed by atoms with van der Waals surface area (Å²) in [7, 11) is 0. The van der Waals surface area contributed by atoms with Crippen molar-refractivity contribution in [1.82, 2.24) is 5.32 Å². The molecule has 1 aromatic carbocycles. The van der Waals surface area contributed by atoms with Gasteiger partial charge in [-0.2, -0.15) is 0 Å². The summed E-state index contributed by atoms with van der Waals surface area (Å²) in [6.07, 6.45) is 2.87. The van der Waals surface area contributed by atoms with Gasteiger partial charge in [0.15, 0.2) is 0 Å². The average Bonchev–Trinajstić information content (AvgIpc) is 2.29. The van der Waals surface area contributed by atoms with Gasteiger partial charge >= 0.3 is 0 Å². The van der Waals surface area contributed by atoms with E-state index in [1.54, 1.807) is 12.1 Å². The lowest BCUT2D eigenvalue weighted by atomic mass is 9.95. The van der Waals surface area contributed by atoms with Gasteiger partial charge in [0.05, 0.1) is 4.92 Å². The first-order chi connectivity index (χ1) is 8.15. The highest BCUT2D eigenvalue weighted by molar-refractivity contribution is 5.33. The lowest BCUT2D eigenvalue weighted by Gasteiger charge is -2.28. The maximum Gasteiger partial charge on any atom is 0.269 e. The summed E-state index contributed by atoms with van der Waals surface area (Å²) < 4.78 is 0. The molecule has 0 amide bonds. The smallest absolute Gasteiger partial charge is 0.269 e. The molecule has 1 saturated heterocycles. The highest BCUT2D eigenvalue weighted by atomic mass is 16.6. The first-order valence-corrected chi connectivity index (χ1v) is 5.87. The maximum absolute atomic E-state index is 10.5. The van der Waals surface area contributed by atoms with E-state index < -0.39 is 0 Å². The van der Waals surface area contributed by atoms with Crippen molar-refractivity contribution in [1.29, 1.82) is 0 Å². The van der Waals surface area contributed by atoms with Gasteiger partial charge in [0.1, 0.15) is 0 Å². The van der Waals surface area contributed by atoms with Crippen LogP contribution in [0.2, 0.25) is 0 Å². The molecule has 5 heteroatoms. The van der Waals surface area contributed by atoms with E-state index in [0.717, 1.165) is 31.4 Å². The lowest BCUT2D eigenvalue weighted by Crippen LogP contribution is -2.44. The molecular formula is C12H17N3O2. The molecule has 92 valence electrons. The Morgan fingerprint density at radius 3 is 2.71 bits per heavy atom. The van der Waals surface area contributed by atoms with Crippen LogP contribution in [0.25, 0.3) is 0 Å². The second-order valence-electron chi connectivity index (χ2n) is 4.56. The molecule has 0 bridgehead atoms. The van der Waals surface area contributed by atoms with Gasteiger partial charge in [-0.05, 0) is 31.4 Å². The minimum atomic E-state index is -0.376. The number of nitrogens with one attached hydrogen (secondary N) is 1. The fourth-order valence-electron chi connectivity index (χ4n) is 2.23. The van der Waals surface area contributed by atoms with Crippen molar-refractivity contribution in [3.63, 3.8) is 0 Å². The lowest BCUT2D eigenvalue weighted by molar-refractivity contribution is -0.384. The van der Waals surface area contributed by atoms with Gasteiger partial charge in [-0.25, -0.2) is 0 Å². The van der Waals surface area contributed by atoms with Crippen LogP contribution in [-0.2, 0) is 6.42 Å². The molecule has 1 fully saturated rings. The summed E-state index contributed by atoms with van der Waals surface area (Å²) in [5.41, 5.74) is 7.17. The number of rotatable bonds is 3. The van der Waals surface area contributed by atoms with E-state index in [-0.39, 0.29) is 16.7 Å². The van der Waals surface area contributed by atoms with Crippen LogP contribution in [0.5, 0.6) is 0 Å². The minimum absolute atomic E-state index is 0.141. The molecule has 0 saturated carbocycles. The molecule has 17 heavy (non-hydrogen) atoms. The van der Waals surface area contributed by atoms with Gasteiger partial charge in [0, 0.05) is 24.2 Å². The van der Waals surface area contributed by atoms with E-state index in [0.29, 0.717) is 6.04 Å². The van der Waals surface area contributed by atoms with Crippen molar-refractivity contribution < 1.29 is 4.92 Å². The minimum Gasteiger partial charge on any atom is -0.328 e. The molecule has 1 aromatic rings. The molecule has 5 nitrogen and oxygen atoms in total. The standard InChI is InChI=1S/C12H17N3O2/c13-10-5-6-14-11(8-10)7-9-1-3-12(4-2-9)15(16)17/h1-4,10-11,14H,5-8,13H2. The Hall–Kier alpha value is -1.46. The number of nitro benzene ring substituents is 1. The molecule has 0 aromatic heterocycles. The topological polar surface area (TPSA) is 81.2 Å². The Kier molecular flexibility index (Phi) is 3.71. The molecule has 0 spiro atoms. The molecule has 1 heterocycles. The molecular weight excluding hydrogens is 218 g/mol. The van der Waals surface area contributed by atoms with E-state index in [9.17, 15) is 10.1 Å². The number of hydrogen-bond acceptors (Lipinski definition) is 4. The Bertz CT molecular complexity index is 391. The van der Waals surface area contributed by atoms with Crippen molar-refractivity contribution in [3.8, 4) is 0 Å². The van der Waals surface area contributed by atoms with E-state index >= 15 is 0 Å². The van der Waals surface area contributed by atoms with Gasteiger partial charge in [0.2, 0.25) is 0 Å². The third-order valence-corrected chi connectivity index (χ3v) is 3.16. The highest BCUT2D eigenvalue weighted by Crippen LogP contribution is 2.16. The largest absolute Gasteiger partial charge is 0.328 e. The zero-order valence-corrected chi connectivity index (χ0v) is 9.63. The van der Waals surface area contributed by atoms with Crippen molar-refractivity contribution >= 4 is 5.69 Å². The van der Waals surface area contributed by atoms with Crippen LogP contribution in [0.1, 0.15) is 18.4 Å². The molecule has 0 radical (unpaired) electrons. The van der Waals surface area contributed by atoms with Crippen molar-refractivity contribution in [2.75, 3.05) is 6.54 Å². The van der Waals surface area contributed by atoms with Crippen molar-refractivity contribution in [2.24, 2.45) is 5.73 Å². The number of nitro groups is 1. The predicted molar refractivity (Wildman–Crippen MR) is 65.8 cm³/mol. The molecule has 2 unspecified atom stereocenters. The Balaban J connectivity index is 1.96. The maximum atomic E-state index is 10.5. The third-order valence-electron chi connectivity index (χ3n) is 3.16. The SMILES string of the molecule is NC1CCNC(Cc2ccc([N+](=O)[O-])cc2)C1. The summed E-state index contributed by atoms with van der Waals surface area (Å²) >= 11 is 0. The molecule has 1 aliphatic rings. The summed E-state index contributed by atoms with van der Waals surface area (Å²) in [6, 6.07) is 7.41. The monoisotopic (exact) mass is 235 g/mol. The Morgan fingerprint density at radius 2 is 2.12 bits per heavy atom. The van der Waals surface area contributed by atoms with Gasteiger partial charge in [-0.3, -0.25) is 10.1 Å². The number of nitrogens with zero attached hydrogens (tertiary/aromatic N) is 1. The van der Waals surface area contributed by atoms with E-state index in [1.807, 2.05) is 12.1 Å². The second-order valence-corrected chi connectivity index (χ2v) is 4.56. The van der Waals surface area contributed by atoms with Crippen LogP contribution in [0, 0.1) is 10.1 Å². The molecule has 3 N–H and O–H groups in total. The number of non-ortho nitro benzene ring substituents is 1. The fraction of sp³-hybridized carbons (Fsp3) is 0.500. The summed E-state index contributed by atoms with van der Waals surface area (Å²) in [5.74, 6) is 0. The van der Waals surface area contributed by atoms with Crippen LogP contribution in [0.3, 0.4) is 0 Å². The number of benzene rings is 1. The average molecular weight is 235 g/mol. The number of hydrogen-bond donors (Lipinski definition) is 2. The van der Waals surface area contributed by atoms with Gasteiger partial charge in [0.25, 0.3) is 5.69 Å². The third kappa shape index (κ3) is 3.25. The molecule has 0 aliphatic carbocycles. The van der Waals surface area contributed by atoms with Gasteiger partial charge < -0.3 is 11.1 Å². The van der Waals surface area contributed by atoms with Crippen molar-refractivity contribution in [3.05, 3.63) is 39.9 Å². The number of piperidine rings is 1. The van der Waals surface area contributed by atoms with Crippen LogP contribution < -0.4 is 11.1 Å². The zero-order valence-electron chi connectivity index (χ0n) is 9.63. The second kappa shape index (κ2) is 5.25. The van der Waals surface area contributed by atoms with Crippen molar-refractivity contribution in [2.45, 2.75) is 31.3 Å². The van der Waals surface area contributed by atoms with Crippen LogP contribution in [-0.4, -0.2) is 23.6 Å². The fourth-order valence-corrected chi connectivity index (χ4v) is 2.23.